The molecule has 1 rings (SSSR count). The minimum absolute atomic E-state index is 0.431. The Balaban J connectivity index is 2.90. The Kier molecular flexibility index (Phi) is 3.30. The quantitative estimate of drug-likeness (QED) is 0.369. The van der Waals surface area contributed by atoms with Gasteiger partial charge in [0.1, 0.15) is 0 Å². The topological polar surface area (TPSA) is 70.4 Å². The number of amides is 2. The lowest BCUT2D eigenvalue weighted by atomic mass is 10.2. The molecule has 0 aliphatic rings. The summed E-state index contributed by atoms with van der Waals surface area (Å²) in [4.78, 5) is 12.9. The van der Waals surface area contributed by atoms with Gasteiger partial charge in [-0.15, -0.1) is 0 Å². The van der Waals surface area contributed by atoms with E-state index in [1.807, 2.05) is 48.7 Å². The Hall–Kier alpha value is -1.75. The zero-order chi connectivity index (χ0) is 10.6. The summed E-state index contributed by atoms with van der Waals surface area (Å²) in [6.07, 6.45) is 0. The Bertz CT molecular complexity index is 324. The minimum Gasteiger partial charge on any atom is -0.376 e. The highest BCUT2D eigenvalue weighted by Gasteiger charge is 2.05. The highest BCUT2D eigenvalue weighted by Crippen LogP contribution is 2.22. The molecule has 0 fully saturated rings. The molecule has 76 valence electrons. The van der Waals surface area contributed by atoms with E-state index in [4.69, 9.17) is 5.84 Å². The third kappa shape index (κ3) is 2.37. The van der Waals surface area contributed by atoms with Crippen molar-refractivity contribution in [3.63, 3.8) is 0 Å². The van der Waals surface area contributed by atoms with E-state index >= 15 is 0 Å². The number of anilines is 2. The van der Waals surface area contributed by atoms with Crippen LogP contribution in [0.3, 0.4) is 0 Å². The van der Waals surface area contributed by atoms with Gasteiger partial charge >= 0.3 is 6.03 Å². The molecule has 0 radical (unpaired) electrons. The SMILES string of the molecule is CN(C)c1ccccc1NC(=O)NN. The van der Waals surface area contributed by atoms with Gasteiger partial charge < -0.3 is 10.2 Å². The van der Waals surface area contributed by atoms with Gasteiger partial charge in [0.25, 0.3) is 0 Å². The maximum Gasteiger partial charge on any atom is 0.333 e. The molecular formula is C9H14N4O. The lowest BCUT2D eigenvalue weighted by Gasteiger charge is -2.17. The first-order valence-corrected chi connectivity index (χ1v) is 4.19. The van der Waals surface area contributed by atoms with E-state index in [-0.39, 0.29) is 0 Å². The van der Waals surface area contributed by atoms with Crippen molar-refractivity contribution in [2.45, 2.75) is 0 Å². The van der Waals surface area contributed by atoms with E-state index in [1.165, 1.54) is 0 Å². The van der Waals surface area contributed by atoms with Crippen molar-refractivity contribution >= 4 is 17.4 Å². The second-order valence-corrected chi connectivity index (χ2v) is 3.01. The van der Waals surface area contributed by atoms with Gasteiger partial charge in [-0.05, 0) is 12.1 Å². The van der Waals surface area contributed by atoms with Crippen LogP contribution in [0.5, 0.6) is 0 Å². The molecule has 1 aromatic rings. The number of hydrazine groups is 1. The molecule has 0 unspecified atom stereocenters. The van der Waals surface area contributed by atoms with Crippen molar-refractivity contribution < 1.29 is 4.79 Å². The smallest absolute Gasteiger partial charge is 0.333 e. The summed E-state index contributed by atoms with van der Waals surface area (Å²) in [6.45, 7) is 0. The number of nitrogens with zero attached hydrogens (tertiary/aromatic N) is 1. The average Bonchev–Trinajstić information content (AvgIpc) is 2.18. The van der Waals surface area contributed by atoms with Crippen LogP contribution < -0.4 is 21.5 Å². The first-order chi connectivity index (χ1) is 6.65. The molecule has 0 heterocycles. The van der Waals surface area contributed by atoms with Crippen molar-refractivity contribution in [1.82, 2.24) is 5.43 Å². The zero-order valence-corrected chi connectivity index (χ0v) is 8.24. The number of carbonyl (C=O) groups excluding carboxylic acids is 1. The van der Waals surface area contributed by atoms with E-state index in [0.29, 0.717) is 0 Å². The molecule has 0 spiro atoms. The molecule has 14 heavy (non-hydrogen) atoms. The summed E-state index contributed by atoms with van der Waals surface area (Å²) >= 11 is 0. The monoisotopic (exact) mass is 194 g/mol. The molecular weight excluding hydrogens is 180 g/mol. The number of benzene rings is 1. The van der Waals surface area contributed by atoms with Gasteiger partial charge in [-0.3, -0.25) is 5.43 Å². The number of urea groups is 1. The zero-order valence-electron chi connectivity index (χ0n) is 8.24. The first-order valence-electron chi connectivity index (χ1n) is 4.19. The van der Waals surface area contributed by atoms with Crippen LogP contribution in [-0.4, -0.2) is 20.1 Å². The van der Waals surface area contributed by atoms with Gasteiger partial charge in [0, 0.05) is 14.1 Å². The Labute approximate surface area is 82.9 Å². The van der Waals surface area contributed by atoms with Crippen LogP contribution in [0, 0.1) is 0 Å². The van der Waals surface area contributed by atoms with Crippen LogP contribution in [0.1, 0.15) is 0 Å². The summed E-state index contributed by atoms with van der Waals surface area (Å²) in [5.41, 5.74) is 3.66. The molecule has 4 N–H and O–H groups in total. The molecule has 0 saturated heterocycles. The number of para-hydroxylation sites is 2. The molecule has 0 aliphatic heterocycles. The van der Waals surface area contributed by atoms with Crippen LogP contribution in [0.15, 0.2) is 24.3 Å². The summed E-state index contributed by atoms with van der Waals surface area (Å²) < 4.78 is 0. The summed E-state index contributed by atoms with van der Waals surface area (Å²) in [7, 11) is 3.81. The van der Waals surface area contributed by atoms with Gasteiger partial charge in [0.15, 0.2) is 0 Å². The van der Waals surface area contributed by atoms with Crippen LogP contribution in [0.4, 0.5) is 16.2 Å². The molecule has 2 amide bonds. The van der Waals surface area contributed by atoms with Gasteiger partial charge in [-0.1, -0.05) is 12.1 Å². The van der Waals surface area contributed by atoms with Crippen LogP contribution in [0.25, 0.3) is 0 Å². The lowest BCUT2D eigenvalue weighted by Crippen LogP contribution is -2.34. The summed E-state index contributed by atoms with van der Waals surface area (Å²) in [5.74, 6) is 4.97. The number of rotatable bonds is 2. The maximum absolute atomic E-state index is 11.0. The fourth-order valence-corrected chi connectivity index (χ4v) is 1.13. The van der Waals surface area contributed by atoms with Gasteiger partial charge in [-0.2, -0.15) is 0 Å². The van der Waals surface area contributed by atoms with Crippen LogP contribution in [0.2, 0.25) is 0 Å². The average molecular weight is 194 g/mol. The summed E-state index contributed by atoms with van der Waals surface area (Å²) in [5, 5.41) is 2.62. The predicted molar refractivity (Wildman–Crippen MR) is 57.1 cm³/mol. The second kappa shape index (κ2) is 4.48. The number of hydrogen-bond acceptors (Lipinski definition) is 3. The number of nitrogens with two attached hydrogens (primary N) is 1. The molecule has 5 heteroatoms. The van der Waals surface area contributed by atoms with E-state index in [0.717, 1.165) is 11.4 Å². The fraction of sp³-hybridized carbons (Fsp3) is 0.222. The number of nitrogens with one attached hydrogen (secondary N) is 2. The second-order valence-electron chi connectivity index (χ2n) is 3.01. The Morgan fingerprint density at radius 3 is 2.57 bits per heavy atom. The highest BCUT2D eigenvalue weighted by molar-refractivity contribution is 5.92. The molecule has 0 bridgehead atoms. The van der Waals surface area contributed by atoms with Crippen molar-refractivity contribution in [2.24, 2.45) is 5.84 Å². The molecule has 0 atom stereocenters. The molecule has 0 saturated carbocycles. The Morgan fingerprint density at radius 2 is 2.00 bits per heavy atom. The molecule has 5 nitrogen and oxygen atoms in total. The van der Waals surface area contributed by atoms with Gasteiger partial charge in [0.05, 0.1) is 11.4 Å². The van der Waals surface area contributed by atoms with Gasteiger partial charge in [0.2, 0.25) is 0 Å². The maximum atomic E-state index is 11.0. The minimum atomic E-state index is -0.431. The number of hydrogen-bond donors (Lipinski definition) is 3. The predicted octanol–water partition coefficient (Wildman–Crippen LogP) is 0.748. The number of carbonyl (C=O) groups is 1. The Morgan fingerprint density at radius 1 is 1.36 bits per heavy atom. The van der Waals surface area contributed by atoms with Crippen molar-refractivity contribution in [1.29, 1.82) is 0 Å². The van der Waals surface area contributed by atoms with Crippen molar-refractivity contribution in [2.75, 3.05) is 24.3 Å². The van der Waals surface area contributed by atoms with E-state index in [1.54, 1.807) is 0 Å². The molecule has 0 aliphatic carbocycles. The van der Waals surface area contributed by atoms with E-state index in [9.17, 15) is 4.79 Å². The van der Waals surface area contributed by atoms with Crippen LogP contribution >= 0.6 is 0 Å². The fourth-order valence-electron chi connectivity index (χ4n) is 1.13. The van der Waals surface area contributed by atoms with E-state index in [2.05, 4.69) is 5.32 Å². The first kappa shape index (κ1) is 10.3. The van der Waals surface area contributed by atoms with E-state index < -0.39 is 6.03 Å². The molecule has 0 aromatic heterocycles. The lowest BCUT2D eigenvalue weighted by molar-refractivity contribution is 0.252. The normalized spacial score (nSPS) is 9.36. The third-order valence-corrected chi connectivity index (χ3v) is 1.77. The standard InChI is InChI=1S/C9H14N4O/c1-13(2)8-6-4-3-5-7(8)11-9(14)12-10/h3-6H,10H2,1-2H3,(H2,11,12,14). The van der Waals surface area contributed by atoms with Crippen molar-refractivity contribution in [3.8, 4) is 0 Å². The van der Waals surface area contributed by atoms with Gasteiger partial charge in [-0.25, -0.2) is 10.6 Å². The van der Waals surface area contributed by atoms with Crippen molar-refractivity contribution in [3.05, 3.63) is 24.3 Å². The van der Waals surface area contributed by atoms with Crippen LogP contribution in [-0.2, 0) is 0 Å². The molecule has 1 aromatic carbocycles. The highest BCUT2D eigenvalue weighted by atomic mass is 16.2. The summed E-state index contributed by atoms with van der Waals surface area (Å²) in [6, 6.07) is 7.04. The third-order valence-electron chi connectivity index (χ3n) is 1.77. The largest absolute Gasteiger partial charge is 0.376 e.